The smallest absolute Gasteiger partial charge is 0.357 e. The van der Waals surface area contributed by atoms with Crippen molar-refractivity contribution < 1.29 is 18.9 Å². The van der Waals surface area contributed by atoms with Gasteiger partial charge in [0.2, 0.25) is 0 Å². The Bertz CT molecular complexity index is 282. The van der Waals surface area contributed by atoms with Crippen LogP contribution in [0.15, 0.2) is 30.3 Å². The largest absolute Gasteiger partial charge is 1.00 e. The molecule has 0 aliphatic heterocycles. The van der Waals surface area contributed by atoms with Crippen LogP contribution in [0.2, 0.25) is 0 Å². The zero-order valence-corrected chi connectivity index (χ0v) is 8.41. The van der Waals surface area contributed by atoms with Crippen LogP contribution in [0.1, 0.15) is 5.56 Å². The SMILES string of the molecule is CN(C)[CH-]C#Cc1ccccc1.[Li+]. The summed E-state index contributed by atoms with van der Waals surface area (Å²) in [5.41, 5.74) is 1.05. The maximum atomic E-state index is 3.03. The fraction of sp³-hybridized carbons (Fsp3) is 0.182. The molecule has 0 radical (unpaired) electrons. The van der Waals surface area contributed by atoms with Gasteiger partial charge in [0, 0.05) is 0 Å². The van der Waals surface area contributed by atoms with Crippen LogP contribution in [0.5, 0.6) is 0 Å². The van der Waals surface area contributed by atoms with Crippen molar-refractivity contribution >= 4 is 0 Å². The van der Waals surface area contributed by atoms with E-state index in [4.69, 9.17) is 0 Å². The van der Waals surface area contributed by atoms with Crippen LogP contribution >= 0.6 is 0 Å². The molecule has 1 aromatic carbocycles. The van der Waals surface area contributed by atoms with Gasteiger partial charge in [-0.1, -0.05) is 35.9 Å². The molecule has 1 aromatic rings. The summed E-state index contributed by atoms with van der Waals surface area (Å²) in [5.74, 6) is 5.98. The van der Waals surface area contributed by atoms with E-state index in [0.717, 1.165) is 5.56 Å². The topological polar surface area (TPSA) is 3.24 Å². The molecule has 0 saturated heterocycles. The summed E-state index contributed by atoms with van der Waals surface area (Å²) in [4.78, 5) is 1.93. The van der Waals surface area contributed by atoms with Crippen molar-refractivity contribution in [2.45, 2.75) is 0 Å². The van der Waals surface area contributed by atoms with Gasteiger partial charge in [0.1, 0.15) is 0 Å². The van der Waals surface area contributed by atoms with Gasteiger partial charge < -0.3 is 4.90 Å². The standard InChI is InChI=1S/C11H12N.Li/c1-12(2)10-6-9-11-7-4-3-5-8-11;/h3-5,7-8,10H,1-2H3;/q-1;+1. The maximum Gasteiger partial charge on any atom is 1.00 e. The van der Waals surface area contributed by atoms with E-state index in [9.17, 15) is 0 Å². The van der Waals surface area contributed by atoms with Gasteiger partial charge in [-0.3, -0.25) is 11.8 Å². The Balaban J connectivity index is 0.00000144. The van der Waals surface area contributed by atoms with Crippen LogP contribution in [0.4, 0.5) is 0 Å². The molecule has 0 unspecified atom stereocenters. The quantitative estimate of drug-likeness (QED) is 0.286. The number of benzene rings is 1. The summed E-state index contributed by atoms with van der Waals surface area (Å²) in [6.07, 6.45) is 0. The van der Waals surface area contributed by atoms with Crippen molar-refractivity contribution in [2.75, 3.05) is 14.1 Å². The van der Waals surface area contributed by atoms with Crippen LogP contribution in [-0.4, -0.2) is 19.0 Å². The van der Waals surface area contributed by atoms with E-state index in [0.29, 0.717) is 0 Å². The first-order valence-corrected chi connectivity index (χ1v) is 3.85. The fourth-order valence-corrected chi connectivity index (χ4v) is 0.766. The molecule has 0 fully saturated rings. The molecule has 0 aliphatic carbocycles. The fourth-order valence-electron chi connectivity index (χ4n) is 0.766. The molecule has 2 heteroatoms. The zero-order chi connectivity index (χ0) is 8.81. The summed E-state index contributed by atoms with van der Waals surface area (Å²) < 4.78 is 0. The monoisotopic (exact) mass is 165 g/mol. The normalized spacial score (nSPS) is 8.23. The third kappa shape index (κ3) is 5.45. The van der Waals surface area contributed by atoms with E-state index < -0.39 is 0 Å². The first kappa shape index (κ1) is 12.2. The molecule has 62 valence electrons. The van der Waals surface area contributed by atoms with Crippen LogP contribution in [0.25, 0.3) is 0 Å². The van der Waals surface area contributed by atoms with E-state index in [1.165, 1.54) is 0 Å². The van der Waals surface area contributed by atoms with Crippen molar-refractivity contribution in [3.05, 3.63) is 42.4 Å². The molecule has 0 aromatic heterocycles. The average Bonchev–Trinajstić information content (AvgIpc) is 2.05. The molecule has 1 nitrogen and oxygen atoms in total. The predicted octanol–water partition coefficient (Wildman–Crippen LogP) is -1.23. The van der Waals surface area contributed by atoms with Crippen LogP contribution in [0.3, 0.4) is 0 Å². The Hall–Kier alpha value is -0.793. The Labute approximate surface area is 92.3 Å². The molecule has 0 heterocycles. The van der Waals surface area contributed by atoms with Crippen molar-refractivity contribution in [3.63, 3.8) is 0 Å². The Morgan fingerprint density at radius 1 is 1.15 bits per heavy atom. The second-order valence-electron chi connectivity index (χ2n) is 2.73. The van der Waals surface area contributed by atoms with Crippen molar-refractivity contribution in [1.29, 1.82) is 0 Å². The van der Waals surface area contributed by atoms with Crippen molar-refractivity contribution in [2.24, 2.45) is 0 Å². The molecule has 0 atom stereocenters. The van der Waals surface area contributed by atoms with Crippen molar-refractivity contribution in [3.8, 4) is 11.8 Å². The summed E-state index contributed by atoms with van der Waals surface area (Å²) in [6, 6.07) is 9.95. The minimum atomic E-state index is 0. The molecular formula is C11H12LiN. The van der Waals surface area contributed by atoms with Gasteiger partial charge in [0.15, 0.2) is 0 Å². The van der Waals surface area contributed by atoms with Crippen LogP contribution in [-0.2, 0) is 0 Å². The van der Waals surface area contributed by atoms with Crippen molar-refractivity contribution in [1.82, 2.24) is 4.90 Å². The van der Waals surface area contributed by atoms with E-state index >= 15 is 0 Å². The summed E-state index contributed by atoms with van der Waals surface area (Å²) in [6.45, 7) is 1.84. The molecule has 0 amide bonds. The maximum absolute atomic E-state index is 3.03. The summed E-state index contributed by atoms with van der Waals surface area (Å²) >= 11 is 0. The number of hydrogen-bond donors (Lipinski definition) is 0. The van der Waals surface area contributed by atoms with Gasteiger partial charge in [0.05, 0.1) is 0 Å². The van der Waals surface area contributed by atoms with E-state index in [2.05, 4.69) is 11.8 Å². The minimum Gasteiger partial charge on any atom is -0.357 e. The average molecular weight is 165 g/mol. The summed E-state index contributed by atoms with van der Waals surface area (Å²) in [5, 5.41) is 0. The van der Waals surface area contributed by atoms with Gasteiger partial charge in [0.25, 0.3) is 0 Å². The van der Waals surface area contributed by atoms with Crippen LogP contribution < -0.4 is 18.9 Å². The third-order valence-corrected chi connectivity index (χ3v) is 1.31. The molecule has 13 heavy (non-hydrogen) atoms. The molecule has 0 spiro atoms. The first-order chi connectivity index (χ1) is 5.79. The van der Waals surface area contributed by atoms with Crippen LogP contribution in [0, 0.1) is 18.4 Å². The van der Waals surface area contributed by atoms with Gasteiger partial charge in [-0.2, -0.15) is 0 Å². The van der Waals surface area contributed by atoms with Gasteiger partial charge >= 0.3 is 18.9 Å². The second kappa shape index (κ2) is 6.69. The molecule has 0 saturated carbocycles. The number of hydrogen-bond acceptors (Lipinski definition) is 1. The Kier molecular flexibility index (Phi) is 6.29. The molecule has 1 rings (SSSR count). The number of nitrogens with zero attached hydrogens (tertiary/aromatic N) is 1. The van der Waals surface area contributed by atoms with Gasteiger partial charge in [-0.05, 0) is 14.1 Å². The Morgan fingerprint density at radius 3 is 2.31 bits per heavy atom. The van der Waals surface area contributed by atoms with E-state index in [1.54, 1.807) is 0 Å². The third-order valence-electron chi connectivity index (χ3n) is 1.31. The second-order valence-corrected chi connectivity index (χ2v) is 2.73. The molecule has 0 bridgehead atoms. The van der Waals surface area contributed by atoms with E-state index in [1.807, 2.05) is 55.9 Å². The summed E-state index contributed by atoms with van der Waals surface area (Å²) in [7, 11) is 3.92. The zero-order valence-electron chi connectivity index (χ0n) is 8.41. The van der Waals surface area contributed by atoms with Gasteiger partial charge in [-0.15, -0.1) is 6.54 Å². The minimum absolute atomic E-state index is 0. The molecule has 0 aliphatic rings. The predicted molar refractivity (Wildman–Crippen MR) is 51.3 cm³/mol. The van der Waals surface area contributed by atoms with Gasteiger partial charge in [-0.25, -0.2) is 0 Å². The number of rotatable bonds is 1. The Morgan fingerprint density at radius 2 is 1.77 bits per heavy atom. The first-order valence-electron chi connectivity index (χ1n) is 3.85. The molecule has 0 N–H and O–H groups in total. The molecular weight excluding hydrogens is 153 g/mol. The van der Waals surface area contributed by atoms with E-state index in [-0.39, 0.29) is 18.9 Å².